The number of hydrogen-bond acceptors (Lipinski definition) is 4. The minimum Gasteiger partial charge on any atom is -0.323 e. The van der Waals surface area contributed by atoms with Crippen LogP contribution in [-0.4, -0.2) is 44.1 Å². The first-order chi connectivity index (χ1) is 15.4. The van der Waals surface area contributed by atoms with E-state index in [2.05, 4.69) is 55.9 Å². The van der Waals surface area contributed by atoms with Gasteiger partial charge < -0.3 is 10.7 Å². The van der Waals surface area contributed by atoms with Gasteiger partial charge in [0.1, 0.15) is 6.29 Å². The second-order valence-electron chi connectivity index (χ2n) is 8.82. The van der Waals surface area contributed by atoms with Gasteiger partial charge >= 0.3 is 0 Å². The molecule has 0 amide bonds. The van der Waals surface area contributed by atoms with Crippen molar-refractivity contribution in [1.29, 1.82) is 5.41 Å². The number of allylic oxidation sites excluding steroid dienone is 1. The van der Waals surface area contributed by atoms with Gasteiger partial charge in [-0.1, -0.05) is 43.7 Å². The molecule has 4 nitrogen and oxygen atoms in total. The van der Waals surface area contributed by atoms with E-state index in [1.807, 2.05) is 26.2 Å². The van der Waals surface area contributed by atoms with E-state index in [4.69, 9.17) is 5.41 Å². The zero-order chi connectivity index (χ0) is 23.7. The van der Waals surface area contributed by atoms with Crippen LogP contribution in [0.25, 0.3) is 0 Å². The molecule has 0 saturated heterocycles. The quantitative estimate of drug-likeness (QED) is 0.429. The molecule has 0 heterocycles. The normalized spacial score (nSPS) is 13.6. The summed E-state index contributed by atoms with van der Waals surface area (Å²) in [6.07, 6.45) is 8.52. The Morgan fingerprint density at radius 2 is 1.75 bits per heavy atom. The lowest BCUT2D eigenvalue weighted by Crippen LogP contribution is -2.29. The van der Waals surface area contributed by atoms with Gasteiger partial charge in [-0.2, -0.15) is 0 Å². The number of carbonyl (C=O) groups excluding carboxylic acids is 1. The fourth-order valence-corrected chi connectivity index (χ4v) is 4.43. The summed E-state index contributed by atoms with van der Waals surface area (Å²) in [5.74, 6) is 0. The maximum Gasteiger partial charge on any atom is 0.150 e. The molecule has 0 atom stereocenters. The highest BCUT2D eigenvalue weighted by Gasteiger charge is 2.22. The van der Waals surface area contributed by atoms with Crippen LogP contribution in [0.3, 0.4) is 0 Å². The summed E-state index contributed by atoms with van der Waals surface area (Å²) in [4.78, 5) is 14.3. The van der Waals surface area contributed by atoms with Crippen LogP contribution in [0.4, 0.5) is 0 Å². The summed E-state index contributed by atoms with van der Waals surface area (Å²) in [6.45, 7) is 8.82. The highest BCUT2D eigenvalue weighted by molar-refractivity contribution is 6.06. The van der Waals surface area contributed by atoms with Crippen molar-refractivity contribution in [2.45, 2.75) is 58.5 Å². The minimum absolute atomic E-state index is 0.433. The molecule has 1 aliphatic rings. The first-order valence-electron chi connectivity index (χ1n) is 11.5. The minimum atomic E-state index is 0.433. The second kappa shape index (κ2) is 12.5. The average Bonchev–Trinajstić information content (AvgIpc) is 3.34. The van der Waals surface area contributed by atoms with Gasteiger partial charge in [-0.15, -0.1) is 0 Å². The van der Waals surface area contributed by atoms with Gasteiger partial charge in [-0.05, 0) is 99.8 Å². The third kappa shape index (κ3) is 6.47. The second-order valence-corrected chi connectivity index (χ2v) is 8.82. The molecule has 1 saturated carbocycles. The number of nitrogens with one attached hydrogen (secondary N) is 2. The van der Waals surface area contributed by atoms with Crippen LogP contribution in [-0.2, 0) is 13.0 Å². The topological polar surface area (TPSA) is 56.2 Å². The van der Waals surface area contributed by atoms with E-state index in [1.165, 1.54) is 53.5 Å². The first-order valence-corrected chi connectivity index (χ1v) is 11.5. The lowest BCUT2D eigenvalue weighted by molar-refractivity contribution is 0.112. The summed E-state index contributed by atoms with van der Waals surface area (Å²) >= 11 is 0. The third-order valence-corrected chi connectivity index (χ3v) is 6.52. The average molecular weight is 434 g/mol. The van der Waals surface area contributed by atoms with E-state index in [0.29, 0.717) is 11.8 Å². The Hall–Kier alpha value is -2.56. The molecule has 0 spiro atoms. The highest BCUT2D eigenvalue weighted by Crippen LogP contribution is 2.28. The maximum absolute atomic E-state index is 11.9. The van der Waals surface area contributed by atoms with Gasteiger partial charge in [0.05, 0.1) is 5.71 Å². The SMILES string of the molecule is C=CC(=N)c1ccc(Cc2cc(C=O)c(CN(C)C3CCCC3)c(C)c2C)cc1.CNC. The fraction of sp³-hybridized carbons (Fsp3) is 0.429. The van der Waals surface area contributed by atoms with Crippen molar-refractivity contribution >= 4 is 12.0 Å². The Balaban J connectivity index is 0.00000114. The molecule has 2 aromatic carbocycles. The first kappa shape index (κ1) is 25.7. The number of rotatable bonds is 8. The summed E-state index contributed by atoms with van der Waals surface area (Å²) in [5, 5.41) is 10.6. The molecule has 1 fully saturated rings. The predicted octanol–water partition coefficient (Wildman–Crippen LogP) is 5.47. The smallest absolute Gasteiger partial charge is 0.150 e. The zero-order valence-corrected chi connectivity index (χ0v) is 20.4. The summed E-state index contributed by atoms with van der Waals surface area (Å²) < 4.78 is 0. The number of carbonyl (C=O) groups is 1. The molecule has 172 valence electrons. The summed E-state index contributed by atoms with van der Waals surface area (Å²) in [7, 11) is 5.94. The molecule has 1 aliphatic carbocycles. The largest absolute Gasteiger partial charge is 0.323 e. The third-order valence-electron chi connectivity index (χ3n) is 6.52. The Morgan fingerprint density at radius 1 is 1.16 bits per heavy atom. The van der Waals surface area contributed by atoms with E-state index in [-0.39, 0.29) is 0 Å². The monoisotopic (exact) mass is 433 g/mol. The number of benzene rings is 2. The molecular weight excluding hydrogens is 394 g/mol. The van der Waals surface area contributed by atoms with Crippen molar-refractivity contribution in [3.63, 3.8) is 0 Å². The van der Waals surface area contributed by atoms with Crippen LogP contribution >= 0.6 is 0 Å². The van der Waals surface area contributed by atoms with Crippen LogP contribution in [0.15, 0.2) is 43.0 Å². The van der Waals surface area contributed by atoms with Crippen LogP contribution in [0.2, 0.25) is 0 Å². The van der Waals surface area contributed by atoms with Crippen molar-refractivity contribution < 1.29 is 4.79 Å². The van der Waals surface area contributed by atoms with Crippen LogP contribution in [0.1, 0.15) is 69.4 Å². The van der Waals surface area contributed by atoms with Gasteiger partial charge in [-0.25, -0.2) is 0 Å². The van der Waals surface area contributed by atoms with E-state index < -0.39 is 0 Å². The van der Waals surface area contributed by atoms with E-state index in [0.717, 1.165) is 30.4 Å². The Kier molecular flexibility index (Phi) is 10.0. The Morgan fingerprint density at radius 3 is 2.28 bits per heavy atom. The lowest BCUT2D eigenvalue weighted by Gasteiger charge is -2.26. The van der Waals surface area contributed by atoms with Crippen molar-refractivity contribution in [3.05, 3.63) is 81.9 Å². The Labute approximate surface area is 194 Å². The van der Waals surface area contributed by atoms with Gasteiger partial charge in [0.15, 0.2) is 0 Å². The van der Waals surface area contributed by atoms with Gasteiger partial charge in [0.25, 0.3) is 0 Å². The van der Waals surface area contributed by atoms with Crippen molar-refractivity contribution in [1.82, 2.24) is 10.2 Å². The molecule has 0 aromatic heterocycles. The number of hydrogen-bond donors (Lipinski definition) is 2. The van der Waals surface area contributed by atoms with Crippen molar-refractivity contribution in [2.75, 3.05) is 21.1 Å². The van der Waals surface area contributed by atoms with Crippen LogP contribution in [0.5, 0.6) is 0 Å². The molecule has 32 heavy (non-hydrogen) atoms. The van der Waals surface area contributed by atoms with Crippen LogP contribution in [0, 0.1) is 19.3 Å². The highest BCUT2D eigenvalue weighted by atomic mass is 16.1. The summed E-state index contributed by atoms with van der Waals surface area (Å²) in [6, 6.07) is 10.8. The predicted molar refractivity (Wildman–Crippen MR) is 136 cm³/mol. The van der Waals surface area contributed by atoms with Gasteiger partial charge in [0, 0.05) is 18.2 Å². The Bertz CT molecular complexity index is 925. The maximum atomic E-state index is 11.9. The van der Waals surface area contributed by atoms with E-state index in [1.54, 1.807) is 6.08 Å². The van der Waals surface area contributed by atoms with Crippen LogP contribution < -0.4 is 5.32 Å². The van der Waals surface area contributed by atoms with Gasteiger partial charge in [-0.3, -0.25) is 9.69 Å². The molecule has 2 aromatic rings. The lowest BCUT2D eigenvalue weighted by atomic mass is 9.90. The molecule has 2 N–H and O–H groups in total. The molecule has 3 rings (SSSR count). The molecular formula is C28H39N3O. The summed E-state index contributed by atoms with van der Waals surface area (Å²) in [5.41, 5.74) is 8.18. The standard InChI is InChI=1S/C26H32N2O.C2H7N/c1-5-26(27)21-12-10-20(11-13-21)14-22-15-23(17-29)25(19(3)18(22)2)16-28(4)24-8-6-7-9-24;1-3-2/h5,10-13,15,17,24,27H,1,6-9,14,16H2,2-4H3;3H,1-2H3. The molecule has 0 unspecified atom stereocenters. The van der Waals surface area contributed by atoms with Gasteiger partial charge in [0.2, 0.25) is 0 Å². The number of nitrogens with zero attached hydrogens (tertiary/aromatic N) is 1. The number of aldehydes is 1. The zero-order valence-electron chi connectivity index (χ0n) is 20.4. The van der Waals surface area contributed by atoms with Crippen molar-refractivity contribution in [3.8, 4) is 0 Å². The molecule has 0 radical (unpaired) electrons. The molecule has 4 heteroatoms. The molecule has 0 aliphatic heterocycles. The van der Waals surface area contributed by atoms with Crippen molar-refractivity contribution in [2.24, 2.45) is 0 Å². The van der Waals surface area contributed by atoms with E-state index in [9.17, 15) is 4.79 Å². The van der Waals surface area contributed by atoms with E-state index >= 15 is 0 Å². The molecule has 0 bridgehead atoms. The fourth-order valence-electron chi connectivity index (χ4n) is 4.43.